The monoisotopic (exact) mass is 569 g/mol. The normalized spacial score (nSPS) is 10.6. The van der Waals surface area contributed by atoms with Gasteiger partial charge in [0, 0.05) is 11.3 Å². The maximum absolute atomic E-state index is 12.5. The third-order valence-corrected chi connectivity index (χ3v) is 5.63. The van der Waals surface area contributed by atoms with Gasteiger partial charge in [0.15, 0.2) is 29.6 Å². The highest BCUT2D eigenvalue weighted by Gasteiger charge is 2.15. The Morgan fingerprint density at radius 2 is 1.68 bits per heavy atom. The summed E-state index contributed by atoms with van der Waals surface area (Å²) in [5.41, 5.74) is 5.27. The molecule has 0 aliphatic carbocycles. The second kappa shape index (κ2) is 13.3. The Bertz CT molecular complexity index is 1280. The van der Waals surface area contributed by atoms with Crippen LogP contribution in [-0.4, -0.2) is 45.5 Å². The molecule has 0 unspecified atom stereocenters. The van der Waals surface area contributed by atoms with E-state index in [4.69, 9.17) is 18.9 Å². The molecule has 0 heterocycles. The van der Waals surface area contributed by atoms with E-state index < -0.39 is 5.91 Å². The standard InChI is InChI=1S/C27H28BrN3O6/c1-5-36-24-13-18(15-29-31-27(33)19-8-11-22(34-3)23(14-19)35-4)12-21(28)26(24)37-16-25(32)30-20-9-6-17(2)7-10-20/h6-15H,5,16H2,1-4H3,(H,30,32)(H,31,33)/b29-15+. The first-order valence-electron chi connectivity index (χ1n) is 11.4. The molecule has 0 spiro atoms. The summed E-state index contributed by atoms with van der Waals surface area (Å²) >= 11 is 3.47. The number of methoxy groups -OCH3 is 2. The summed E-state index contributed by atoms with van der Waals surface area (Å²) in [7, 11) is 3.02. The molecular weight excluding hydrogens is 542 g/mol. The zero-order chi connectivity index (χ0) is 26.8. The van der Waals surface area contributed by atoms with E-state index in [2.05, 4.69) is 31.8 Å². The number of hydrazone groups is 1. The molecule has 3 rings (SSSR count). The van der Waals surface area contributed by atoms with Gasteiger partial charge in [0.1, 0.15) is 0 Å². The molecule has 0 aliphatic rings. The van der Waals surface area contributed by atoms with E-state index in [0.29, 0.717) is 50.9 Å². The summed E-state index contributed by atoms with van der Waals surface area (Å²) in [6.07, 6.45) is 1.47. The molecule has 0 fully saturated rings. The average Bonchev–Trinajstić information content (AvgIpc) is 2.89. The molecule has 0 radical (unpaired) electrons. The Balaban J connectivity index is 1.66. The first-order chi connectivity index (χ1) is 17.8. The second-order valence-corrected chi connectivity index (χ2v) is 8.59. The van der Waals surface area contributed by atoms with Gasteiger partial charge in [-0.1, -0.05) is 17.7 Å². The number of anilines is 1. The number of carbonyl (C=O) groups excluding carboxylic acids is 2. The Morgan fingerprint density at radius 3 is 2.35 bits per heavy atom. The van der Waals surface area contributed by atoms with Crippen LogP contribution >= 0.6 is 15.9 Å². The highest BCUT2D eigenvalue weighted by Crippen LogP contribution is 2.36. The molecule has 0 saturated heterocycles. The molecule has 194 valence electrons. The molecule has 10 heteroatoms. The molecule has 37 heavy (non-hydrogen) atoms. The number of hydrogen-bond acceptors (Lipinski definition) is 7. The molecule has 9 nitrogen and oxygen atoms in total. The van der Waals surface area contributed by atoms with Gasteiger partial charge in [-0.05, 0) is 77.8 Å². The molecule has 3 aromatic carbocycles. The van der Waals surface area contributed by atoms with Crippen molar-refractivity contribution in [2.24, 2.45) is 5.10 Å². The van der Waals surface area contributed by atoms with Crippen molar-refractivity contribution in [1.29, 1.82) is 0 Å². The first-order valence-corrected chi connectivity index (χ1v) is 12.1. The van der Waals surface area contributed by atoms with Gasteiger partial charge in [-0.15, -0.1) is 0 Å². The van der Waals surface area contributed by atoms with Crippen molar-refractivity contribution in [2.45, 2.75) is 13.8 Å². The first kappa shape index (κ1) is 27.5. The fraction of sp³-hybridized carbons (Fsp3) is 0.222. The van der Waals surface area contributed by atoms with Crippen LogP contribution in [0.5, 0.6) is 23.0 Å². The van der Waals surface area contributed by atoms with Crippen LogP contribution in [0.4, 0.5) is 5.69 Å². The van der Waals surface area contributed by atoms with Gasteiger partial charge >= 0.3 is 0 Å². The van der Waals surface area contributed by atoms with Crippen LogP contribution in [0.25, 0.3) is 0 Å². The minimum absolute atomic E-state index is 0.207. The van der Waals surface area contributed by atoms with E-state index >= 15 is 0 Å². The van der Waals surface area contributed by atoms with Gasteiger partial charge < -0.3 is 24.3 Å². The fourth-order valence-corrected chi connectivity index (χ4v) is 3.82. The van der Waals surface area contributed by atoms with Crippen LogP contribution in [-0.2, 0) is 4.79 Å². The van der Waals surface area contributed by atoms with Crippen LogP contribution in [0.3, 0.4) is 0 Å². The van der Waals surface area contributed by atoms with Crippen molar-refractivity contribution >= 4 is 39.6 Å². The Labute approximate surface area is 223 Å². The van der Waals surface area contributed by atoms with Gasteiger partial charge in [0.05, 0.1) is 31.5 Å². The highest BCUT2D eigenvalue weighted by atomic mass is 79.9. The molecule has 0 aromatic heterocycles. The van der Waals surface area contributed by atoms with Crippen molar-refractivity contribution < 1.29 is 28.5 Å². The largest absolute Gasteiger partial charge is 0.493 e. The van der Waals surface area contributed by atoms with Gasteiger partial charge in [0.2, 0.25) is 0 Å². The number of nitrogens with one attached hydrogen (secondary N) is 2. The van der Waals surface area contributed by atoms with Crippen LogP contribution in [0, 0.1) is 6.92 Å². The number of halogens is 1. The predicted octanol–water partition coefficient (Wildman–Crippen LogP) is 4.95. The summed E-state index contributed by atoms with van der Waals surface area (Å²) in [4.78, 5) is 24.8. The van der Waals surface area contributed by atoms with Crippen molar-refractivity contribution in [3.63, 3.8) is 0 Å². The molecule has 0 atom stereocenters. The number of nitrogens with zero attached hydrogens (tertiary/aromatic N) is 1. The van der Waals surface area contributed by atoms with Gasteiger partial charge in [-0.25, -0.2) is 5.43 Å². The summed E-state index contributed by atoms with van der Waals surface area (Å²) in [6.45, 7) is 3.99. The SMILES string of the molecule is CCOc1cc(/C=N/NC(=O)c2ccc(OC)c(OC)c2)cc(Br)c1OCC(=O)Nc1ccc(C)cc1. The molecular formula is C27H28BrN3O6. The predicted molar refractivity (Wildman–Crippen MR) is 145 cm³/mol. The second-order valence-electron chi connectivity index (χ2n) is 7.73. The maximum atomic E-state index is 12.5. The van der Waals surface area contributed by atoms with E-state index in [1.807, 2.05) is 38.1 Å². The summed E-state index contributed by atoms with van der Waals surface area (Å²) in [6, 6.07) is 15.7. The van der Waals surface area contributed by atoms with Crippen LogP contribution in [0.15, 0.2) is 64.2 Å². The van der Waals surface area contributed by atoms with Gasteiger partial charge in [0.25, 0.3) is 11.8 Å². The van der Waals surface area contributed by atoms with Crippen molar-refractivity contribution in [2.75, 3.05) is 32.8 Å². The maximum Gasteiger partial charge on any atom is 0.271 e. The molecule has 0 bridgehead atoms. The van der Waals surface area contributed by atoms with Crippen LogP contribution in [0.1, 0.15) is 28.4 Å². The Morgan fingerprint density at radius 1 is 0.946 bits per heavy atom. The minimum atomic E-state index is -0.416. The van der Waals surface area contributed by atoms with E-state index in [0.717, 1.165) is 5.56 Å². The van der Waals surface area contributed by atoms with E-state index in [9.17, 15) is 9.59 Å². The smallest absolute Gasteiger partial charge is 0.271 e. The number of benzene rings is 3. The number of hydrogen-bond donors (Lipinski definition) is 2. The lowest BCUT2D eigenvalue weighted by Gasteiger charge is -2.14. The van der Waals surface area contributed by atoms with Gasteiger partial charge in [-0.2, -0.15) is 5.10 Å². The third-order valence-electron chi connectivity index (χ3n) is 5.04. The summed E-state index contributed by atoms with van der Waals surface area (Å²) < 4.78 is 22.4. The number of amides is 2. The zero-order valence-corrected chi connectivity index (χ0v) is 22.5. The molecule has 0 aliphatic heterocycles. The molecule has 3 aromatic rings. The Kier molecular flexibility index (Phi) is 9.91. The number of carbonyl (C=O) groups is 2. The molecule has 2 amide bonds. The number of rotatable bonds is 11. The van der Waals surface area contributed by atoms with Crippen LogP contribution < -0.4 is 29.7 Å². The minimum Gasteiger partial charge on any atom is -0.493 e. The zero-order valence-electron chi connectivity index (χ0n) is 21.0. The van der Waals surface area contributed by atoms with Crippen LogP contribution in [0.2, 0.25) is 0 Å². The topological polar surface area (TPSA) is 107 Å². The molecule has 2 N–H and O–H groups in total. The quantitative estimate of drug-likeness (QED) is 0.250. The van der Waals surface area contributed by atoms with Gasteiger partial charge in [-0.3, -0.25) is 9.59 Å². The number of ether oxygens (including phenoxy) is 4. The van der Waals surface area contributed by atoms with Crippen molar-refractivity contribution in [3.05, 3.63) is 75.8 Å². The number of aryl methyl sites for hydroxylation is 1. The summed E-state index contributed by atoms with van der Waals surface area (Å²) in [5, 5.41) is 6.83. The lowest BCUT2D eigenvalue weighted by atomic mass is 10.2. The fourth-order valence-electron chi connectivity index (χ4n) is 3.24. The third kappa shape index (κ3) is 7.71. The Hall–Kier alpha value is -4.05. The lowest BCUT2D eigenvalue weighted by molar-refractivity contribution is -0.118. The van der Waals surface area contributed by atoms with E-state index in [-0.39, 0.29) is 12.5 Å². The highest BCUT2D eigenvalue weighted by molar-refractivity contribution is 9.10. The lowest BCUT2D eigenvalue weighted by Crippen LogP contribution is -2.20. The van der Waals surface area contributed by atoms with E-state index in [1.54, 1.807) is 30.3 Å². The van der Waals surface area contributed by atoms with E-state index in [1.165, 1.54) is 20.4 Å². The summed E-state index contributed by atoms with van der Waals surface area (Å²) in [5.74, 6) is 1.04. The molecule has 0 saturated carbocycles. The average molecular weight is 570 g/mol. The van der Waals surface area contributed by atoms with Crippen molar-refractivity contribution in [3.8, 4) is 23.0 Å². The van der Waals surface area contributed by atoms with Crippen molar-refractivity contribution in [1.82, 2.24) is 5.43 Å².